The smallest absolute Gasteiger partial charge is 0.407 e. The lowest BCUT2D eigenvalue weighted by Crippen LogP contribution is -2.45. The molecule has 2 fully saturated rings. The summed E-state index contributed by atoms with van der Waals surface area (Å²) < 4.78 is 17.8. The number of carbonyl (C=O) groups excluding carboxylic acids is 1. The van der Waals surface area contributed by atoms with Crippen LogP contribution in [0.5, 0.6) is 0 Å². The highest BCUT2D eigenvalue weighted by Gasteiger charge is 2.52. The molecule has 3 aliphatic rings. The van der Waals surface area contributed by atoms with Gasteiger partial charge in [-0.25, -0.2) is 9.59 Å². The Kier molecular flexibility index (Phi) is 6.05. The quantitative estimate of drug-likeness (QED) is 0.703. The number of alkyl carbamates (subject to hydrolysis) is 1. The van der Waals surface area contributed by atoms with Crippen LogP contribution in [0.1, 0.15) is 60.3 Å². The Labute approximate surface area is 176 Å². The number of rotatable bonds is 3. The summed E-state index contributed by atoms with van der Waals surface area (Å²) >= 11 is 6.32. The second-order valence-corrected chi connectivity index (χ2v) is 9.66. The first kappa shape index (κ1) is 22.1. The van der Waals surface area contributed by atoms with Crippen molar-refractivity contribution in [2.75, 3.05) is 0 Å². The summed E-state index contributed by atoms with van der Waals surface area (Å²) in [6, 6.07) is 0.0529. The van der Waals surface area contributed by atoms with Crippen LogP contribution in [0.2, 0.25) is 0 Å². The van der Waals surface area contributed by atoms with Crippen molar-refractivity contribution >= 4 is 23.7 Å². The predicted molar refractivity (Wildman–Crippen MR) is 108 cm³/mol. The van der Waals surface area contributed by atoms with Gasteiger partial charge in [-0.3, -0.25) is 0 Å². The number of fused-ring (bicyclic) bond motifs is 1. The maximum absolute atomic E-state index is 12.0. The van der Waals surface area contributed by atoms with E-state index in [2.05, 4.69) is 5.32 Å². The highest BCUT2D eigenvalue weighted by Crippen LogP contribution is 2.47. The lowest BCUT2D eigenvalue weighted by molar-refractivity contribution is -0.200. The highest BCUT2D eigenvalue weighted by molar-refractivity contribution is 6.31. The first-order valence-corrected chi connectivity index (χ1v) is 10.4. The van der Waals surface area contributed by atoms with Gasteiger partial charge in [0.05, 0.1) is 10.6 Å². The molecule has 0 aromatic heterocycles. The Morgan fingerprint density at radius 2 is 1.79 bits per heavy atom. The maximum atomic E-state index is 12.0. The molecule has 2 N–H and O–H groups in total. The van der Waals surface area contributed by atoms with Gasteiger partial charge in [-0.2, -0.15) is 0 Å². The molecular formula is C21H30ClNO6. The molecular weight excluding hydrogens is 398 g/mol. The Balaban J connectivity index is 1.61. The van der Waals surface area contributed by atoms with Gasteiger partial charge in [0.25, 0.3) is 0 Å². The highest BCUT2D eigenvalue weighted by atomic mass is 35.5. The normalized spacial score (nSPS) is 35.0. The summed E-state index contributed by atoms with van der Waals surface area (Å²) in [5, 5.41) is 12.7. The molecule has 1 heterocycles. The first-order chi connectivity index (χ1) is 13.4. The zero-order valence-corrected chi connectivity index (χ0v) is 18.3. The minimum Gasteiger partial charge on any atom is -0.478 e. The number of carbonyl (C=O) groups is 2. The third kappa shape index (κ3) is 4.78. The van der Waals surface area contributed by atoms with Gasteiger partial charge in [0.1, 0.15) is 17.8 Å². The molecule has 8 heteroatoms. The summed E-state index contributed by atoms with van der Waals surface area (Å²) in [5.41, 5.74) is 0.258. The Hall–Kier alpha value is -1.57. The van der Waals surface area contributed by atoms with Gasteiger partial charge in [0.15, 0.2) is 5.79 Å². The minimum atomic E-state index is -1.02. The Morgan fingerprint density at radius 3 is 2.34 bits per heavy atom. The van der Waals surface area contributed by atoms with Crippen LogP contribution in [0.3, 0.4) is 0 Å². The van der Waals surface area contributed by atoms with Crippen molar-refractivity contribution in [2.24, 2.45) is 5.92 Å². The summed E-state index contributed by atoms with van der Waals surface area (Å²) in [6.45, 7) is 9.16. The summed E-state index contributed by atoms with van der Waals surface area (Å²) in [5.74, 6) is -1.75. The van der Waals surface area contributed by atoms with E-state index >= 15 is 0 Å². The van der Waals surface area contributed by atoms with Gasteiger partial charge in [-0.05, 0) is 72.0 Å². The van der Waals surface area contributed by atoms with Crippen LogP contribution in [0.15, 0.2) is 22.3 Å². The fourth-order valence-electron chi connectivity index (χ4n) is 4.32. The molecule has 3 rings (SSSR count). The van der Waals surface area contributed by atoms with E-state index in [1.54, 1.807) is 6.92 Å². The number of aliphatic carboxylic acids is 1. The molecule has 1 amide bonds. The van der Waals surface area contributed by atoms with Crippen LogP contribution in [0.4, 0.5) is 4.79 Å². The fourth-order valence-corrected chi connectivity index (χ4v) is 4.59. The molecule has 0 aromatic carbocycles. The molecule has 0 bridgehead atoms. The van der Waals surface area contributed by atoms with Crippen molar-refractivity contribution in [2.45, 2.75) is 89.9 Å². The Morgan fingerprint density at radius 1 is 1.21 bits per heavy atom. The molecule has 0 spiro atoms. The average molecular weight is 428 g/mol. The zero-order valence-electron chi connectivity index (χ0n) is 17.6. The molecule has 1 aliphatic heterocycles. The molecule has 2 unspecified atom stereocenters. The van der Waals surface area contributed by atoms with Crippen molar-refractivity contribution < 1.29 is 28.9 Å². The number of hydrogen-bond acceptors (Lipinski definition) is 5. The number of carboxylic acids is 1. The van der Waals surface area contributed by atoms with Gasteiger partial charge < -0.3 is 24.6 Å². The SMILES string of the molecule is CC1=C(C(=O)O)C=C(Cl)C2O[C@@](C)(C3CCC(NC(=O)OC(C)(C)C)CC3)OC12. The molecule has 2 aliphatic carbocycles. The monoisotopic (exact) mass is 427 g/mol. The molecule has 162 valence electrons. The van der Waals surface area contributed by atoms with Crippen LogP contribution in [-0.4, -0.2) is 46.8 Å². The summed E-state index contributed by atoms with van der Waals surface area (Å²) in [4.78, 5) is 23.5. The van der Waals surface area contributed by atoms with Crippen molar-refractivity contribution in [1.82, 2.24) is 5.32 Å². The number of ether oxygens (including phenoxy) is 3. The molecule has 0 aromatic rings. The lowest BCUT2D eigenvalue weighted by atomic mass is 9.81. The van der Waals surface area contributed by atoms with Crippen LogP contribution in [0, 0.1) is 5.92 Å². The molecule has 7 nitrogen and oxygen atoms in total. The van der Waals surface area contributed by atoms with Crippen LogP contribution in [-0.2, 0) is 19.0 Å². The van der Waals surface area contributed by atoms with Crippen molar-refractivity contribution in [3.63, 3.8) is 0 Å². The largest absolute Gasteiger partial charge is 0.478 e. The van der Waals surface area contributed by atoms with E-state index in [9.17, 15) is 14.7 Å². The van der Waals surface area contributed by atoms with Crippen molar-refractivity contribution in [3.8, 4) is 0 Å². The van der Waals surface area contributed by atoms with Crippen LogP contribution < -0.4 is 5.32 Å². The van der Waals surface area contributed by atoms with Crippen LogP contribution in [0.25, 0.3) is 0 Å². The van der Waals surface area contributed by atoms with Gasteiger partial charge in [-0.15, -0.1) is 0 Å². The molecule has 1 saturated carbocycles. The van der Waals surface area contributed by atoms with E-state index in [0.29, 0.717) is 10.6 Å². The van der Waals surface area contributed by atoms with Gasteiger partial charge in [-0.1, -0.05) is 11.6 Å². The second kappa shape index (κ2) is 7.93. The fraction of sp³-hybridized carbons (Fsp3) is 0.714. The first-order valence-electron chi connectivity index (χ1n) is 10.1. The Bertz CT molecular complexity index is 747. The number of amides is 1. The number of hydrogen-bond donors (Lipinski definition) is 2. The molecule has 3 atom stereocenters. The third-order valence-corrected chi connectivity index (χ3v) is 6.15. The molecule has 1 saturated heterocycles. The zero-order chi connectivity index (χ0) is 21.6. The number of halogens is 1. The van der Waals surface area contributed by atoms with E-state index in [4.69, 9.17) is 25.8 Å². The summed E-state index contributed by atoms with van der Waals surface area (Å²) in [7, 11) is 0. The van der Waals surface area contributed by atoms with E-state index in [1.807, 2.05) is 27.7 Å². The minimum absolute atomic E-state index is 0.0529. The standard InChI is InChI=1S/C21H30ClNO6/c1-11-14(18(24)25)10-15(22)17-16(11)27-21(5,28-17)12-6-8-13(9-7-12)23-19(26)29-20(2,3)4/h10,12-13,16-17H,6-9H2,1-5H3,(H,23,26)(H,24,25)/t12?,13?,16?,17?,21-/m0/s1. The predicted octanol–water partition coefficient (Wildman–Crippen LogP) is 4.11. The third-order valence-electron chi connectivity index (χ3n) is 5.82. The van der Waals surface area contributed by atoms with Crippen LogP contribution >= 0.6 is 11.6 Å². The number of nitrogens with one attached hydrogen (secondary N) is 1. The molecule has 0 radical (unpaired) electrons. The van der Waals surface area contributed by atoms with Gasteiger partial charge in [0, 0.05) is 12.0 Å². The van der Waals surface area contributed by atoms with Gasteiger partial charge in [0.2, 0.25) is 0 Å². The van der Waals surface area contributed by atoms with E-state index in [-0.39, 0.29) is 17.5 Å². The van der Waals surface area contributed by atoms with Gasteiger partial charge >= 0.3 is 12.1 Å². The van der Waals surface area contributed by atoms with Crippen molar-refractivity contribution in [3.05, 3.63) is 22.3 Å². The average Bonchev–Trinajstić information content (AvgIpc) is 2.96. The molecule has 29 heavy (non-hydrogen) atoms. The van der Waals surface area contributed by atoms with E-state index in [1.165, 1.54) is 6.08 Å². The maximum Gasteiger partial charge on any atom is 0.407 e. The second-order valence-electron chi connectivity index (χ2n) is 9.22. The topological polar surface area (TPSA) is 94.1 Å². The summed E-state index contributed by atoms with van der Waals surface area (Å²) in [6.07, 6.45) is 3.28. The van der Waals surface area contributed by atoms with Crippen molar-refractivity contribution in [1.29, 1.82) is 0 Å². The van der Waals surface area contributed by atoms with E-state index in [0.717, 1.165) is 25.7 Å². The van der Waals surface area contributed by atoms with E-state index < -0.39 is 35.7 Å². The lowest BCUT2D eigenvalue weighted by Gasteiger charge is -2.38. The number of carboxylic acid groups (broad SMARTS) is 1.